The Labute approximate surface area is 164 Å². The summed E-state index contributed by atoms with van der Waals surface area (Å²) in [5.74, 6) is 1.36. The first-order chi connectivity index (χ1) is 13.8. The minimum absolute atomic E-state index is 0.0181. The van der Waals surface area contributed by atoms with Crippen molar-refractivity contribution in [1.29, 1.82) is 0 Å². The Balaban J connectivity index is 1.31. The van der Waals surface area contributed by atoms with Gasteiger partial charge in [-0.05, 0) is 54.8 Å². The third-order valence-corrected chi connectivity index (χ3v) is 4.73. The second kappa shape index (κ2) is 8.57. The number of ether oxygens (including phenoxy) is 2. The molecule has 1 amide bonds. The van der Waals surface area contributed by atoms with Crippen molar-refractivity contribution < 1.29 is 14.3 Å². The molecule has 0 atom stereocenters. The number of nitrogens with zero attached hydrogens (tertiary/aromatic N) is 2. The van der Waals surface area contributed by atoms with Gasteiger partial charge in [-0.15, -0.1) is 0 Å². The maximum Gasteiger partial charge on any atom is 0.264 e. The highest BCUT2D eigenvalue weighted by Crippen LogP contribution is 2.27. The Morgan fingerprint density at radius 2 is 1.75 bits per heavy atom. The van der Waals surface area contributed by atoms with Gasteiger partial charge in [0.1, 0.15) is 18.1 Å². The standard InChI is InChI=1S/C23H22N2O3/c26-23(25-14-4-7-19-6-1-2-8-22(19)25)17-28-21-11-9-20(10-12-21)27-16-18-5-3-13-24-15-18/h1-3,5-6,8-13,15H,4,7,14,16-17H2. The summed E-state index contributed by atoms with van der Waals surface area (Å²) < 4.78 is 11.4. The molecule has 28 heavy (non-hydrogen) atoms. The highest BCUT2D eigenvalue weighted by Gasteiger charge is 2.22. The van der Waals surface area contributed by atoms with E-state index in [0.717, 1.165) is 36.4 Å². The maximum atomic E-state index is 12.6. The molecule has 5 nitrogen and oxygen atoms in total. The molecule has 4 rings (SSSR count). The summed E-state index contributed by atoms with van der Waals surface area (Å²) in [6.45, 7) is 1.21. The zero-order valence-corrected chi connectivity index (χ0v) is 15.6. The quantitative estimate of drug-likeness (QED) is 0.654. The topological polar surface area (TPSA) is 51.7 Å². The molecule has 0 saturated carbocycles. The van der Waals surface area contributed by atoms with Gasteiger partial charge in [0, 0.05) is 30.2 Å². The number of aromatic nitrogens is 1. The van der Waals surface area contributed by atoms with Crippen molar-refractivity contribution in [3.05, 3.63) is 84.2 Å². The number of anilines is 1. The predicted octanol–water partition coefficient (Wildman–Crippen LogP) is 4.02. The zero-order chi connectivity index (χ0) is 19.2. The number of hydrogen-bond acceptors (Lipinski definition) is 4. The number of aryl methyl sites for hydroxylation is 1. The lowest BCUT2D eigenvalue weighted by Gasteiger charge is -2.29. The molecule has 0 fully saturated rings. The van der Waals surface area contributed by atoms with Crippen molar-refractivity contribution in [1.82, 2.24) is 4.98 Å². The molecule has 0 bridgehead atoms. The molecular formula is C23H22N2O3. The van der Waals surface area contributed by atoms with Gasteiger partial charge in [0.05, 0.1) is 0 Å². The van der Waals surface area contributed by atoms with Crippen molar-refractivity contribution in [2.45, 2.75) is 19.4 Å². The molecule has 5 heteroatoms. The average molecular weight is 374 g/mol. The Kier molecular flexibility index (Phi) is 5.52. The largest absolute Gasteiger partial charge is 0.489 e. The second-order valence-electron chi connectivity index (χ2n) is 6.69. The van der Waals surface area contributed by atoms with E-state index in [2.05, 4.69) is 11.1 Å². The van der Waals surface area contributed by atoms with E-state index in [4.69, 9.17) is 9.47 Å². The van der Waals surface area contributed by atoms with Crippen LogP contribution in [0, 0.1) is 0 Å². The van der Waals surface area contributed by atoms with Crippen molar-refractivity contribution >= 4 is 11.6 Å². The Morgan fingerprint density at radius 1 is 0.964 bits per heavy atom. The van der Waals surface area contributed by atoms with Crippen molar-refractivity contribution in [2.75, 3.05) is 18.1 Å². The Hall–Kier alpha value is -3.34. The summed E-state index contributed by atoms with van der Waals surface area (Å²) in [6, 6.07) is 19.2. The van der Waals surface area contributed by atoms with E-state index in [1.54, 1.807) is 12.4 Å². The Morgan fingerprint density at radius 3 is 2.54 bits per heavy atom. The van der Waals surface area contributed by atoms with Crippen molar-refractivity contribution in [2.24, 2.45) is 0 Å². The third kappa shape index (κ3) is 4.31. The number of benzene rings is 2. The predicted molar refractivity (Wildman–Crippen MR) is 108 cm³/mol. The molecule has 142 valence electrons. The van der Waals surface area contributed by atoms with E-state index in [1.807, 2.05) is 59.5 Å². The molecule has 0 N–H and O–H groups in total. The van der Waals surface area contributed by atoms with E-state index >= 15 is 0 Å². The molecule has 0 spiro atoms. The van der Waals surface area contributed by atoms with Gasteiger partial charge < -0.3 is 14.4 Å². The number of rotatable bonds is 6. The van der Waals surface area contributed by atoms with E-state index in [1.165, 1.54) is 5.56 Å². The first-order valence-electron chi connectivity index (χ1n) is 9.42. The lowest BCUT2D eigenvalue weighted by Crippen LogP contribution is -2.38. The minimum Gasteiger partial charge on any atom is -0.489 e. The van der Waals surface area contributed by atoms with Crippen LogP contribution < -0.4 is 14.4 Å². The summed E-state index contributed by atoms with van der Waals surface area (Å²) in [4.78, 5) is 18.5. The van der Waals surface area contributed by atoms with Crippen LogP contribution in [0.25, 0.3) is 0 Å². The molecule has 1 aliphatic heterocycles. The SMILES string of the molecule is O=C(COc1ccc(OCc2cccnc2)cc1)N1CCCc2ccccc21. The van der Waals surface area contributed by atoms with Crippen LogP contribution in [0.2, 0.25) is 0 Å². The summed E-state index contributed by atoms with van der Waals surface area (Å²) in [7, 11) is 0. The zero-order valence-electron chi connectivity index (χ0n) is 15.6. The molecule has 1 aliphatic rings. The van der Waals surface area contributed by atoms with E-state index in [0.29, 0.717) is 12.4 Å². The molecule has 2 aromatic carbocycles. The van der Waals surface area contributed by atoms with Crippen LogP contribution in [0.5, 0.6) is 11.5 Å². The van der Waals surface area contributed by atoms with Gasteiger partial charge in [-0.1, -0.05) is 24.3 Å². The highest BCUT2D eigenvalue weighted by atomic mass is 16.5. The number of amides is 1. The van der Waals surface area contributed by atoms with Gasteiger partial charge in [-0.2, -0.15) is 0 Å². The smallest absolute Gasteiger partial charge is 0.264 e. The number of pyridine rings is 1. The van der Waals surface area contributed by atoms with E-state index in [-0.39, 0.29) is 12.5 Å². The van der Waals surface area contributed by atoms with Gasteiger partial charge in [-0.3, -0.25) is 9.78 Å². The van der Waals surface area contributed by atoms with Crippen LogP contribution >= 0.6 is 0 Å². The molecule has 2 heterocycles. The Bertz CT molecular complexity index is 926. The highest BCUT2D eigenvalue weighted by molar-refractivity contribution is 5.95. The molecular weight excluding hydrogens is 352 g/mol. The van der Waals surface area contributed by atoms with Crippen LogP contribution in [-0.2, 0) is 17.8 Å². The second-order valence-corrected chi connectivity index (χ2v) is 6.69. The molecule has 0 radical (unpaired) electrons. The summed E-state index contributed by atoms with van der Waals surface area (Å²) in [5.41, 5.74) is 3.23. The fraction of sp³-hybridized carbons (Fsp3) is 0.217. The molecule has 0 saturated heterocycles. The van der Waals surface area contributed by atoms with Gasteiger partial charge in [0.15, 0.2) is 6.61 Å². The van der Waals surface area contributed by atoms with Crippen molar-refractivity contribution in [3.8, 4) is 11.5 Å². The molecule has 3 aromatic rings. The number of fused-ring (bicyclic) bond motifs is 1. The fourth-order valence-electron chi connectivity index (χ4n) is 3.30. The lowest BCUT2D eigenvalue weighted by molar-refractivity contribution is -0.120. The number of carbonyl (C=O) groups excluding carboxylic acids is 1. The minimum atomic E-state index is -0.0240. The van der Waals surface area contributed by atoms with Gasteiger partial charge in [-0.25, -0.2) is 0 Å². The molecule has 0 unspecified atom stereocenters. The number of hydrogen-bond donors (Lipinski definition) is 0. The third-order valence-electron chi connectivity index (χ3n) is 4.73. The van der Waals surface area contributed by atoms with Crippen LogP contribution in [0.4, 0.5) is 5.69 Å². The first-order valence-corrected chi connectivity index (χ1v) is 9.42. The number of para-hydroxylation sites is 1. The summed E-state index contributed by atoms with van der Waals surface area (Å²) in [6.07, 6.45) is 5.51. The lowest BCUT2D eigenvalue weighted by atomic mass is 10.0. The van der Waals surface area contributed by atoms with Crippen LogP contribution in [0.3, 0.4) is 0 Å². The van der Waals surface area contributed by atoms with Crippen LogP contribution in [0.15, 0.2) is 73.1 Å². The fourth-order valence-corrected chi connectivity index (χ4v) is 3.30. The first kappa shape index (κ1) is 18.0. The monoisotopic (exact) mass is 374 g/mol. The van der Waals surface area contributed by atoms with E-state index in [9.17, 15) is 4.79 Å². The van der Waals surface area contributed by atoms with Gasteiger partial charge in [0.25, 0.3) is 5.91 Å². The maximum absolute atomic E-state index is 12.6. The van der Waals surface area contributed by atoms with Gasteiger partial charge in [0.2, 0.25) is 0 Å². The van der Waals surface area contributed by atoms with Gasteiger partial charge >= 0.3 is 0 Å². The van der Waals surface area contributed by atoms with E-state index < -0.39 is 0 Å². The average Bonchev–Trinajstić information content (AvgIpc) is 2.77. The van der Waals surface area contributed by atoms with Crippen LogP contribution in [-0.4, -0.2) is 24.0 Å². The van der Waals surface area contributed by atoms with Crippen molar-refractivity contribution in [3.63, 3.8) is 0 Å². The number of carbonyl (C=O) groups is 1. The summed E-state index contributed by atoms with van der Waals surface area (Å²) >= 11 is 0. The van der Waals surface area contributed by atoms with Crippen LogP contribution in [0.1, 0.15) is 17.5 Å². The molecule has 0 aliphatic carbocycles. The molecule has 1 aromatic heterocycles. The normalized spacial score (nSPS) is 12.9. The summed E-state index contributed by atoms with van der Waals surface area (Å²) in [5, 5.41) is 0.